The number of alkyl halides is 3. The van der Waals surface area contributed by atoms with Crippen LogP contribution in [0.5, 0.6) is 0 Å². The summed E-state index contributed by atoms with van der Waals surface area (Å²) in [5.74, 6) is 0.263. The Hall–Kier alpha value is -3.37. The van der Waals surface area contributed by atoms with Gasteiger partial charge in [-0.2, -0.15) is 13.2 Å². The van der Waals surface area contributed by atoms with Gasteiger partial charge >= 0.3 is 12.2 Å². The summed E-state index contributed by atoms with van der Waals surface area (Å²) in [4.78, 5) is 37.5. The molecule has 0 aromatic carbocycles. The van der Waals surface area contributed by atoms with Crippen LogP contribution in [0.4, 0.5) is 35.3 Å². The van der Waals surface area contributed by atoms with Gasteiger partial charge in [0.25, 0.3) is 5.91 Å². The van der Waals surface area contributed by atoms with E-state index in [2.05, 4.69) is 20.2 Å². The monoisotopic (exact) mass is 446 g/mol. The number of aromatic nitrogens is 2. The number of carbonyl (C=O) groups excluding carboxylic acids is 2. The van der Waals surface area contributed by atoms with Crippen LogP contribution < -0.4 is 20.4 Å². The van der Waals surface area contributed by atoms with Gasteiger partial charge in [-0.3, -0.25) is 15.0 Å². The van der Waals surface area contributed by atoms with E-state index in [1.54, 1.807) is 18.3 Å². The Morgan fingerprint density at radius 2 is 1.94 bits per heavy atom. The number of urea groups is 1. The molecular formula is C21H21F3N6O2. The first kappa shape index (κ1) is 20.5. The summed E-state index contributed by atoms with van der Waals surface area (Å²) in [6, 6.07) is 6.10. The molecule has 3 amide bonds. The van der Waals surface area contributed by atoms with Crippen molar-refractivity contribution in [2.45, 2.75) is 37.4 Å². The van der Waals surface area contributed by atoms with Gasteiger partial charge in [0.05, 0.1) is 11.7 Å². The lowest BCUT2D eigenvalue weighted by Gasteiger charge is -2.35. The number of halogens is 3. The van der Waals surface area contributed by atoms with Crippen LogP contribution in [-0.4, -0.2) is 53.8 Å². The van der Waals surface area contributed by atoms with E-state index in [4.69, 9.17) is 0 Å². The van der Waals surface area contributed by atoms with Crippen molar-refractivity contribution in [3.63, 3.8) is 0 Å². The van der Waals surface area contributed by atoms with Crippen molar-refractivity contribution in [1.29, 1.82) is 0 Å². The fourth-order valence-electron chi connectivity index (χ4n) is 4.18. The minimum Gasteiger partial charge on any atom is -0.366 e. The normalized spacial score (nSPS) is 19.5. The Labute approximate surface area is 181 Å². The standard InChI is InChI=1S/C21H21F3N6O2/c22-21(23,24)11-26-19(31)15-4-5-16-18(27-15)30(14-7-8-29(16)10-14)20(32)28-17-6-3-13(9-25-17)12-1-2-12/h3-6,9,12,14H,1-2,7-8,10-11H2,(H,26,31)(H,25,28,32)/t14-/m0/s1. The first-order valence-corrected chi connectivity index (χ1v) is 10.5. The van der Waals surface area contributed by atoms with Crippen molar-refractivity contribution in [2.75, 3.05) is 34.8 Å². The van der Waals surface area contributed by atoms with Gasteiger partial charge in [-0.25, -0.2) is 14.8 Å². The second-order valence-electron chi connectivity index (χ2n) is 8.28. The van der Waals surface area contributed by atoms with Crippen molar-refractivity contribution in [3.05, 3.63) is 41.7 Å². The highest BCUT2D eigenvalue weighted by molar-refractivity contribution is 6.05. The minimum absolute atomic E-state index is 0.158. The molecule has 2 aromatic heterocycles. The second-order valence-corrected chi connectivity index (χ2v) is 8.28. The number of pyridine rings is 2. The van der Waals surface area contributed by atoms with Crippen LogP contribution in [0.25, 0.3) is 0 Å². The molecule has 2 aromatic rings. The zero-order chi connectivity index (χ0) is 22.5. The molecule has 4 heterocycles. The van der Waals surface area contributed by atoms with Gasteiger partial charge in [-0.1, -0.05) is 6.07 Å². The number of nitrogens with zero attached hydrogens (tertiary/aromatic N) is 4. The van der Waals surface area contributed by atoms with Gasteiger partial charge in [0.15, 0.2) is 5.82 Å². The third kappa shape index (κ3) is 4.06. The minimum atomic E-state index is -4.53. The van der Waals surface area contributed by atoms with Crippen molar-refractivity contribution in [2.24, 2.45) is 0 Å². The summed E-state index contributed by atoms with van der Waals surface area (Å²) < 4.78 is 37.4. The third-order valence-corrected chi connectivity index (χ3v) is 5.92. The average molecular weight is 446 g/mol. The van der Waals surface area contributed by atoms with Gasteiger partial charge in [-0.15, -0.1) is 0 Å². The molecule has 2 bridgehead atoms. The lowest BCUT2D eigenvalue weighted by molar-refractivity contribution is -0.123. The Bertz CT molecular complexity index is 1050. The maximum absolute atomic E-state index is 13.2. The first-order chi connectivity index (χ1) is 15.3. The summed E-state index contributed by atoms with van der Waals surface area (Å²) in [7, 11) is 0. The topological polar surface area (TPSA) is 90.5 Å². The summed E-state index contributed by atoms with van der Waals surface area (Å²) >= 11 is 0. The SMILES string of the molecule is O=C(NCC(F)(F)F)c1ccc2c(n1)N(C(=O)Nc1ccc(C3CC3)cn1)[C@H]1CCN2C1. The van der Waals surface area contributed by atoms with Gasteiger partial charge < -0.3 is 10.2 Å². The number of carbonyl (C=O) groups is 2. The number of hydrogen-bond donors (Lipinski definition) is 2. The molecule has 0 spiro atoms. The summed E-state index contributed by atoms with van der Waals surface area (Å²) in [5, 5.41) is 4.60. The van der Waals surface area contributed by atoms with E-state index in [-0.39, 0.29) is 17.6 Å². The van der Waals surface area contributed by atoms with Crippen LogP contribution in [0.1, 0.15) is 41.2 Å². The van der Waals surface area contributed by atoms with E-state index in [1.807, 2.05) is 11.4 Å². The fraction of sp³-hybridized carbons (Fsp3) is 0.429. The summed E-state index contributed by atoms with van der Waals surface area (Å²) in [6.45, 7) is -0.112. The molecule has 2 fully saturated rings. The molecule has 5 rings (SSSR count). The van der Waals surface area contributed by atoms with Crippen molar-refractivity contribution >= 4 is 29.3 Å². The molecule has 11 heteroatoms. The Morgan fingerprint density at radius 1 is 1.12 bits per heavy atom. The van der Waals surface area contributed by atoms with E-state index < -0.39 is 24.7 Å². The second kappa shape index (κ2) is 7.64. The molecule has 168 valence electrons. The maximum Gasteiger partial charge on any atom is 0.405 e. The highest BCUT2D eigenvalue weighted by atomic mass is 19.4. The molecule has 8 nitrogen and oxygen atoms in total. The van der Waals surface area contributed by atoms with Gasteiger partial charge in [-0.05, 0) is 48.9 Å². The van der Waals surface area contributed by atoms with Crippen LogP contribution in [0.15, 0.2) is 30.5 Å². The van der Waals surface area contributed by atoms with Crippen LogP contribution >= 0.6 is 0 Å². The molecule has 32 heavy (non-hydrogen) atoms. The van der Waals surface area contributed by atoms with Crippen LogP contribution in [0, 0.1) is 0 Å². The van der Waals surface area contributed by atoms with E-state index in [9.17, 15) is 22.8 Å². The molecule has 2 N–H and O–H groups in total. The van der Waals surface area contributed by atoms with Gasteiger partial charge in [0, 0.05) is 19.3 Å². The van der Waals surface area contributed by atoms with Gasteiger partial charge in [0.2, 0.25) is 0 Å². The summed E-state index contributed by atoms with van der Waals surface area (Å²) in [5.41, 5.74) is 1.63. The molecular weight excluding hydrogens is 425 g/mol. The van der Waals surface area contributed by atoms with E-state index >= 15 is 0 Å². The van der Waals surface area contributed by atoms with Crippen LogP contribution in [0.2, 0.25) is 0 Å². The Morgan fingerprint density at radius 3 is 2.62 bits per heavy atom. The number of nitrogens with one attached hydrogen (secondary N) is 2. The predicted octanol–water partition coefficient (Wildman–Crippen LogP) is 3.28. The number of anilines is 3. The molecule has 1 atom stereocenters. The van der Waals surface area contributed by atoms with Crippen LogP contribution in [0.3, 0.4) is 0 Å². The fourth-order valence-corrected chi connectivity index (χ4v) is 4.18. The first-order valence-electron chi connectivity index (χ1n) is 10.5. The van der Waals surface area contributed by atoms with Gasteiger partial charge in [0.1, 0.15) is 18.1 Å². The van der Waals surface area contributed by atoms with E-state index in [0.717, 1.165) is 24.9 Å². The number of fused-ring (bicyclic) bond motifs is 4. The highest BCUT2D eigenvalue weighted by Crippen LogP contribution is 2.40. The summed E-state index contributed by atoms with van der Waals surface area (Å²) in [6.07, 6.45) is 0.257. The third-order valence-electron chi connectivity index (χ3n) is 5.92. The lowest BCUT2D eigenvalue weighted by Crippen LogP contribution is -2.48. The smallest absolute Gasteiger partial charge is 0.366 e. The van der Waals surface area contributed by atoms with Crippen molar-refractivity contribution < 1.29 is 22.8 Å². The molecule has 1 aliphatic carbocycles. The molecule has 2 aliphatic heterocycles. The molecule has 1 saturated carbocycles. The van der Waals surface area contributed by atoms with Crippen molar-refractivity contribution in [1.82, 2.24) is 15.3 Å². The zero-order valence-electron chi connectivity index (χ0n) is 17.0. The largest absolute Gasteiger partial charge is 0.405 e. The van der Waals surface area contributed by atoms with E-state index in [0.29, 0.717) is 30.4 Å². The highest BCUT2D eigenvalue weighted by Gasteiger charge is 2.41. The quantitative estimate of drug-likeness (QED) is 0.753. The maximum atomic E-state index is 13.2. The van der Waals surface area contributed by atoms with E-state index in [1.165, 1.54) is 11.0 Å². The number of hydrogen-bond acceptors (Lipinski definition) is 5. The number of amides is 3. The molecule has 0 unspecified atom stereocenters. The zero-order valence-corrected chi connectivity index (χ0v) is 17.0. The average Bonchev–Trinajstić information content (AvgIpc) is 3.53. The molecule has 0 radical (unpaired) electrons. The molecule has 1 saturated heterocycles. The molecule has 3 aliphatic rings. The predicted molar refractivity (Wildman–Crippen MR) is 111 cm³/mol. The Balaban J connectivity index is 1.38. The number of rotatable bonds is 4. The van der Waals surface area contributed by atoms with Crippen molar-refractivity contribution in [3.8, 4) is 0 Å². The lowest BCUT2D eigenvalue weighted by atomic mass is 10.1. The van der Waals surface area contributed by atoms with Crippen LogP contribution in [-0.2, 0) is 0 Å². The Kier molecular flexibility index (Phi) is 4.90.